The van der Waals surface area contributed by atoms with Crippen LogP contribution in [0.25, 0.3) is 0 Å². The van der Waals surface area contributed by atoms with Gasteiger partial charge < -0.3 is 10.6 Å². The second-order valence-corrected chi connectivity index (χ2v) is 6.43. The predicted molar refractivity (Wildman–Crippen MR) is 110 cm³/mol. The Morgan fingerprint density at radius 1 is 1.07 bits per heavy atom. The lowest BCUT2D eigenvalue weighted by molar-refractivity contribution is 0.0987. The third-order valence-electron chi connectivity index (χ3n) is 4.60. The first-order chi connectivity index (χ1) is 13.4. The van der Waals surface area contributed by atoms with Crippen LogP contribution in [0.2, 0.25) is 0 Å². The van der Waals surface area contributed by atoms with Gasteiger partial charge in [0, 0.05) is 12.1 Å². The fourth-order valence-electron chi connectivity index (χ4n) is 3.12. The molecule has 0 aliphatic rings. The van der Waals surface area contributed by atoms with Gasteiger partial charge in [0.2, 0.25) is 0 Å². The van der Waals surface area contributed by atoms with Crippen molar-refractivity contribution in [2.24, 2.45) is 0 Å². The number of nitrogens with zero attached hydrogens (tertiary/aromatic N) is 2. The molecule has 1 heterocycles. The zero-order valence-electron chi connectivity index (χ0n) is 15.8. The zero-order valence-corrected chi connectivity index (χ0v) is 15.8. The van der Waals surface area contributed by atoms with Crippen molar-refractivity contribution >= 4 is 17.4 Å². The molecule has 3 aromatic rings. The van der Waals surface area contributed by atoms with E-state index < -0.39 is 11.2 Å². The van der Waals surface area contributed by atoms with Gasteiger partial charge in [-0.25, -0.2) is 4.79 Å². The molecule has 3 rings (SSSR count). The van der Waals surface area contributed by atoms with Gasteiger partial charge in [-0.2, -0.15) is 0 Å². The SMILES string of the molecule is CCN(C(=O)c1ccccc1C)c1c(N)n(Cc2ccccc2)c(=O)[nH]c1=O. The summed E-state index contributed by atoms with van der Waals surface area (Å²) in [7, 11) is 0. The molecule has 0 bridgehead atoms. The molecule has 0 saturated heterocycles. The van der Waals surface area contributed by atoms with Crippen molar-refractivity contribution in [1.82, 2.24) is 9.55 Å². The summed E-state index contributed by atoms with van der Waals surface area (Å²) in [6, 6.07) is 16.4. The molecule has 0 radical (unpaired) electrons. The molecular weight excluding hydrogens is 356 g/mol. The van der Waals surface area contributed by atoms with Gasteiger partial charge in [0.25, 0.3) is 11.5 Å². The summed E-state index contributed by atoms with van der Waals surface area (Å²) in [6.07, 6.45) is 0. The van der Waals surface area contributed by atoms with Crippen molar-refractivity contribution in [1.29, 1.82) is 0 Å². The number of benzene rings is 2. The summed E-state index contributed by atoms with van der Waals surface area (Å²) in [5.41, 5.74) is 7.01. The number of aromatic amines is 1. The maximum absolute atomic E-state index is 13.1. The van der Waals surface area contributed by atoms with E-state index in [1.165, 1.54) is 9.47 Å². The van der Waals surface area contributed by atoms with Gasteiger partial charge in [0.15, 0.2) is 5.69 Å². The molecule has 0 unspecified atom stereocenters. The van der Waals surface area contributed by atoms with Crippen LogP contribution in [-0.4, -0.2) is 22.0 Å². The lowest BCUT2D eigenvalue weighted by Gasteiger charge is -2.24. The van der Waals surface area contributed by atoms with Gasteiger partial charge in [0.1, 0.15) is 5.82 Å². The van der Waals surface area contributed by atoms with Crippen LogP contribution in [0.15, 0.2) is 64.2 Å². The van der Waals surface area contributed by atoms with Crippen molar-refractivity contribution in [3.63, 3.8) is 0 Å². The number of H-pyrrole nitrogens is 1. The minimum Gasteiger partial charge on any atom is -0.383 e. The quantitative estimate of drug-likeness (QED) is 0.710. The molecule has 0 atom stereocenters. The van der Waals surface area contributed by atoms with E-state index in [1.54, 1.807) is 19.1 Å². The number of hydrogen-bond acceptors (Lipinski definition) is 4. The predicted octanol–water partition coefficient (Wildman–Crippen LogP) is 2.14. The average molecular weight is 378 g/mol. The molecule has 7 heteroatoms. The Kier molecular flexibility index (Phi) is 5.44. The molecule has 0 fully saturated rings. The highest BCUT2D eigenvalue weighted by molar-refractivity contribution is 6.08. The molecule has 28 heavy (non-hydrogen) atoms. The standard InChI is InChI=1S/C21H22N4O3/c1-3-24(20(27)16-12-8-7-9-14(16)2)17-18(22)25(21(28)23-19(17)26)13-15-10-5-4-6-11-15/h4-12H,3,13,22H2,1-2H3,(H,23,26,28). The number of rotatable bonds is 5. The van der Waals surface area contributed by atoms with E-state index in [0.717, 1.165) is 11.1 Å². The van der Waals surface area contributed by atoms with Gasteiger partial charge >= 0.3 is 5.69 Å². The van der Waals surface area contributed by atoms with Crippen molar-refractivity contribution < 1.29 is 4.79 Å². The lowest BCUT2D eigenvalue weighted by Crippen LogP contribution is -2.41. The van der Waals surface area contributed by atoms with Crippen LogP contribution >= 0.6 is 0 Å². The Hall–Kier alpha value is -3.61. The number of amides is 1. The molecule has 0 aliphatic heterocycles. The molecule has 0 aliphatic carbocycles. The summed E-state index contributed by atoms with van der Waals surface area (Å²) in [4.78, 5) is 41.6. The molecule has 1 amide bonds. The summed E-state index contributed by atoms with van der Waals surface area (Å²) in [5, 5.41) is 0. The first-order valence-corrected chi connectivity index (χ1v) is 8.98. The topological polar surface area (TPSA) is 101 Å². The monoisotopic (exact) mass is 378 g/mol. The molecule has 0 spiro atoms. The van der Waals surface area contributed by atoms with Crippen molar-refractivity contribution in [2.75, 3.05) is 17.2 Å². The fraction of sp³-hybridized carbons (Fsp3) is 0.190. The Morgan fingerprint density at radius 2 is 1.71 bits per heavy atom. The fourth-order valence-corrected chi connectivity index (χ4v) is 3.12. The minimum atomic E-state index is -0.685. The number of carbonyl (C=O) groups is 1. The average Bonchev–Trinajstić information content (AvgIpc) is 2.69. The largest absolute Gasteiger partial charge is 0.383 e. The van der Waals surface area contributed by atoms with E-state index in [9.17, 15) is 14.4 Å². The first-order valence-electron chi connectivity index (χ1n) is 8.98. The maximum Gasteiger partial charge on any atom is 0.330 e. The van der Waals surface area contributed by atoms with E-state index in [4.69, 9.17) is 5.73 Å². The van der Waals surface area contributed by atoms with Crippen molar-refractivity contribution in [2.45, 2.75) is 20.4 Å². The lowest BCUT2D eigenvalue weighted by atomic mass is 10.1. The van der Waals surface area contributed by atoms with Gasteiger partial charge in [-0.1, -0.05) is 48.5 Å². The molecule has 1 aromatic heterocycles. The van der Waals surface area contributed by atoms with Gasteiger partial charge in [-0.3, -0.25) is 19.1 Å². The Morgan fingerprint density at radius 3 is 2.36 bits per heavy atom. The van der Waals surface area contributed by atoms with Crippen molar-refractivity contribution in [3.8, 4) is 0 Å². The second-order valence-electron chi connectivity index (χ2n) is 6.43. The number of hydrogen-bond donors (Lipinski definition) is 2. The molecular formula is C21H22N4O3. The third kappa shape index (κ3) is 3.59. The van der Waals surface area contributed by atoms with E-state index in [2.05, 4.69) is 4.98 Å². The van der Waals surface area contributed by atoms with Crippen LogP contribution in [0.4, 0.5) is 11.5 Å². The van der Waals surface area contributed by atoms with E-state index in [-0.39, 0.29) is 30.5 Å². The third-order valence-corrected chi connectivity index (χ3v) is 4.60. The van der Waals surface area contributed by atoms with Crippen LogP contribution in [0.3, 0.4) is 0 Å². The molecule has 3 N–H and O–H groups in total. The zero-order chi connectivity index (χ0) is 20.3. The van der Waals surface area contributed by atoms with Crippen LogP contribution < -0.4 is 21.9 Å². The van der Waals surface area contributed by atoms with Gasteiger partial charge in [0.05, 0.1) is 6.54 Å². The van der Waals surface area contributed by atoms with Gasteiger partial charge in [-0.05, 0) is 31.0 Å². The highest BCUT2D eigenvalue weighted by atomic mass is 16.2. The molecule has 7 nitrogen and oxygen atoms in total. The van der Waals surface area contributed by atoms with E-state index in [1.807, 2.05) is 49.4 Å². The van der Waals surface area contributed by atoms with Crippen LogP contribution in [0.1, 0.15) is 28.4 Å². The van der Waals surface area contributed by atoms with Crippen LogP contribution in [0, 0.1) is 6.92 Å². The van der Waals surface area contributed by atoms with Crippen LogP contribution in [-0.2, 0) is 6.54 Å². The summed E-state index contributed by atoms with van der Waals surface area (Å²) in [6.45, 7) is 3.99. The van der Waals surface area contributed by atoms with Crippen LogP contribution in [0.5, 0.6) is 0 Å². The number of anilines is 2. The number of carbonyl (C=O) groups excluding carboxylic acids is 1. The number of aryl methyl sites for hydroxylation is 1. The van der Waals surface area contributed by atoms with E-state index >= 15 is 0 Å². The maximum atomic E-state index is 13.1. The highest BCUT2D eigenvalue weighted by Crippen LogP contribution is 2.21. The number of aromatic nitrogens is 2. The Labute approximate surface area is 162 Å². The van der Waals surface area contributed by atoms with Gasteiger partial charge in [-0.15, -0.1) is 0 Å². The Bertz CT molecular complexity index is 1120. The van der Waals surface area contributed by atoms with Crippen molar-refractivity contribution in [3.05, 3.63) is 92.1 Å². The molecule has 2 aromatic carbocycles. The number of nitrogens with two attached hydrogens (primary N) is 1. The second kappa shape index (κ2) is 7.96. The number of nitrogens with one attached hydrogen (secondary N) is 1. The smallest absolute Gasteiger partial charge is 0.330 e. The minimum absolute atomic E-state index is 0.0220. The summed E-state index contributed by atoms with van der Waals surface area (Å²) in [5.74, 6) is -0.385. The first kappa shape index (κ1) is 19.2. The summed E-state index contributed by atoms with van der Waals surface area (Å²) >= 11 is 0. The van der Waals surface area contributed by atoms with E-state index in [0.29, 0.717) is 5.56 Å². The molecule has 144 valence electrons. The molecule has 0 saturated carbocycles. The normalized spacial score (nSPS) is 10.6. The summed E-state index contributed by atoms with van der Waals surface area (Å²) < 4.78 is 1.26. The number of nitrogen functional groups attached to an aromatic ring is 1. The Balaban J connectivity index is 2.11. The highest BCUT2D eigenvalue weighted by Gasteiger charge is 2.24.